The highest BCUT2D eigenvalue weighted by atomic mass is 31.2. The Bertz CT molecular complexity index is 221. The third-order valence-electron chi connectivity index (χ3n) is 2.49. The van der Waals surface area contributed by atoms with Crippen molar-refractivity contribution in [3.8, 4) is 0 Å². The second-order valence-electron chi connectivity index (χ2n) is 3.63. The lowest BCUT2D eigenvalue weighted by Gasteiger charge is -2.25. The lowest BCUT2D eigenvalue weighted by molar-refractivity contribution is 0.128. The standard InChI is InChI=1S/C10H19O3P/c1-3-9-14(11,12-2)13-10-7-5-4-6-8-10/h3,10H,1,4-9H2,2H3. The molecule has 0 N–H and O–H groups in total. The van der Waals surface area contributed by atoms with Crippen molar-refractivity contribution in [1.82, 2.24) is 0 Å². The van der Waals surface area contributed by atoms with E-state index in [1.54, 1.807) is 6.08 Å². The number of allylic oxidation sites excluding steroid dienone is 1. The van der Waals surface area contributed by atoms with Gasteiger partial charge < -0.3 is 9.05 Å². The molecule has 0 aromatic rings. The van der Waals surface area contributed by atoms with E-state index in [-0.39, 0.29) is 6.10 Å². The monoisotopic (exact) mass is 218 g/mol. The minimum Gasteiger partial charge on any atom is -0.312 e. The average molecular weight is 218 g/mol. The maximum Gasteiger partial charge on any atom is 0.334 e. The Hall–Kier alpha value is -0.110. The predicted molar refractivity (Wildman–Crippen MR) is 57.6 cm³/mol. The summed E-state index contributed by atoms with van der Waals surface area (Å²) in [5.41, 5.74) is 0. The first kappa shape index (κ1) is 12.0. The fourth-order valence-electron chi connectivity index (χ4n) is 1.72. The highest BCUT2D eigenvalue weighted by molar-refractivity contribution is 7.54. The Kier molecular flexibility index (Phi) is 4.86. The second kappa shape index (κ2) is 5.69. The van der Waals surface area contributed by atoms with Crippen LogP contribution in [-0.4, -0.2) is 19.4 Å². The van der Waals surface area contributed by atoms with Gasteiger partial charge >= 0.3 is 7.60 Å². The quantitative estimate of drug-likeness (QED) is 0.524. The molecule has 1 rings (SSSR count). The Morgan fingerprint density at radius 3 is 2.57 bits per heavy atom. The zero-order valence-electron chi connectivity index (χ0n) is 8.78. The van der Waals surface area contributed by atoms with Crippen molar-refractivity contribution < 1.29 is 13.6 Å². The van der Waals surface area contributed by atoms with E-state index in [0.717, 1.165) is 12.8 Å². The van der Waals surface area contributed by atoms with Gasteiger partial charge in [-0.05, 0) is 12.8 Å². The molecule has 0 radical (unpaired) electrons. The van der Waals surface area contributed by atoms with Crippen LogP contribution in [0.4, 0.5) is 0 Å². The van der Waals surface area contributed by atoms with E-state index < -0.39 is 7.60 Å². The molecule has 1 saturated carbocycles. The molecule has 4 heteroatoms. The summed E-state index contributed by atoms with van der Waals surface area (Å²) in [6.07, 6.45) is 7.63. The molecule has 3 nitrogen and oxygen atoms in total. The third-order valence-corrected chi connectivity index (χ3v) is 4.37. The van der Waals surface area contributed by atoms with E-state index in [1.165, 1.54) is 26.4 Å². The molecule has 82 valence electrons. The van der Waals surface area contributed by atoms with Crippen LogP contribution in [-0.2, 0) is 13.6 Å². The van der Waals surface area contributed by atoms with E-state index >= 15 is 0 Å². The molecule has 1 fully saturated rings. The van der Waals surface area contributed by atoms with E-state index in [9.17, 15) is 4.57 Å². The van der Waals surface area contributed by atoms with Gasteiger partial charge in [0.15, 0.2) is 0 Å². The van der Waals surface area contributed by atoms with Crippen molar-refractivity contribution in [2.75, 3.05) is 13.3 Å². The summed E-state index contributed by atoms with van der Waals surface area (Å²) in [5, 5.41) is 0. The van der Waals surface area contributed by atoms with Crippen LogP contribution in [0.1, 0.15) is 32.1 Å². The third kappa shape index (κ3) is 3.56. The maximum absolute atomic E-state index is 11.9. The van der Waals surface area contributed by atoms with Crippen LogP contribution in [0.25, 0.3) is 0 Å². The first-order valence-corrected chi connectivity index (χ1v) is 6.87. The van der Waals surface area contributed by atoms with Gasteiger partial charge in [0.1, 0.15) is 0 Å². The van der Waals surface area contributed by atoms with Gasteiger partial charge in [0.25, 0.3) is 0 Å². The molecule has 0 spiro atoms. The number of hydrogen-bond acceptors (Lipinski definition) is 3. The van der Waals surface area contributed by atoms with Gasteiger partial charge in [-0.25, -0.2) is 0 Å². The normalized spacial score (nSPS) is 22.9. The Labute approximate surface area is 86.0 Å². The largest absolute Gasteiger partial charge is 0.334 e. The molecule has 0 amide bonds. The minimum absolute atomic E-state index is 0.120. The van der Waals surface area contributed by atoms with Crippen molar-refractivity contribution >= 4 is 7.60 Å². The average Bonchev–Trinajstić information content (AvgIpc) is 2.20. The summed E-state index contributed by atoms with van der Waals surface area (Å²) in [4.78, 5) is 0. The number of hydrogen-bond donors (Lipinski definition) is 0. The first-order chi connectivity index (χ1) is 6.70. The van der Waals surface area contributed by atoms with E-state index in [4.69, 9.17) is 9.05 Å². The summed E-state index contributed by atoms with van der Waals surface area (Å²) in [6, 6.07) is 0. The van der Waals surface area contributed by atoms with Crippen LogP contribution in [0, 0.1) is 0 Å². The smallest absolute Gasteiger partial charge is 0.312 e. The molecule has 1 unspecified atom stereocenters. The van der Waals surface area contributed by atoms with Crippen molar-refractivity contribution in [1.29, 1.82) is 0 Å². The molecular formula is C10H19O3P. The van der Waals surface area contributed by atoms with Crippen molar-refractivity contribution in [3.63, 3.8) is 0 Å². The molecule has 14 heavy (non-hydrogen) atoms. The molecular weight excluding hydrogens is 199 g/mol. The van der Waals surface area contributed by atoms with Crippen LogP contribution in [0.5, 0.6) is 0 Å². The fourth-order valence-corrected chi connectivity index (χ4v) is 3.02. The van der Waals surface area contributed by atoms with E-state index in [0.29, 0.717) is 6.16 Å². The zero-order chi connectivity index (χ0) is 10.4. The number of rotatable bonds is 5. The highest BCUT2D eigenvalue weighted by Gasteiger charge is 2.27. The Balaban J connectivity index is 2.45. The van der Waals surface area contributed by atoms with Crippen molar-refractivity contribution in [2.45, 2.75) is 38.2 Å². The Morgan fingerprint density at radius 2 is 2.07 bits per heavy atom. The van der Waals surface area contributed by atoms with Crippen LogP contribution in [0.2, 0.25) is 0 Å². The zero-order valence-corrected chi connectivity index (χ0v) is 9.67. The van der Waals surface area contributed by atoms with Crippen LogP contribution in [0.3, 0.4) is 0 Å². The summed E-state index contributed by atoms with van der Waals surface area (Å²) < 4.78 is 22.4. The van der Waals surface area contributed by atoms with Crippen LogP contribution in [0.15, 0.2) is 12.7 Å². The van der Waals surface area contributed by atoms with Gasteiger partial charge in [-0.1, -0.05) is 25.3 Å². The molecule has 1 atom stereocenters. The molecule has 0 aliphatic heterocycles. The summed E-state index contributed by atoms with van der Waals surface area (Å²) in [5.74, 6) is 0. The van der Waals surface area contributed by atoms with Gasteiger partial charge in [-0.2, -0.15) is 0 Å². The fraction of sp³-hybridized carbons (Fsp3) is 0.800. The topological polar surface area (TPSA) is 35.5 Å². The van der Waals surface area contributed by atoms with Crippen molar-refractivity contribution in [2.24, 2.45) is 0 Å². The van der Waals surface area contributed by atoms with Crippen LogP contribution < -0.4 is 0 Å². The van der Waals surface area contributed by atoms with E-state index in [2.05, 4.69) is 6.58 Å². The molecule has 0 aromatic heterocycles. The first-order valence-electron chi connectivity index (χ1n) is 5.14. The van der Waals surface area contributed by atoms with Gasteiger partial charge in [-0.3, -0.25) is 4.57 Å². The molecule has 0 aromatic carbocycles. The second-order valence-corrected chi connectivity index (χ2v) is 5.79. The van der Waals surface area contributed by atoms with Gasteiger partial charge in [0.05, 0.1) is 12.3 Å². The lowest BCUT2D eigenvalue weighted by Crippen LogP contribution is -2.16. The predicted octanol–water partition coefficient (Wildman–Crippen LogP) is 3.36. The summed E-state index contributed by atoms with van der Waals surface area (Å²) >= 11 is 0. The molecule has 0 heterocycles. The maximum atomic E-state index is 11.9. The molecule has 1 aliphatic rings. The summed E-state index contributed by atoms with van der Waals surface area (Å²) in [6.45, 7) is 3.55. The van der Waals surface area contributed by atoms with Gasteiger partial charge in [0, 0.05) is 7.11 Å². The summed E-state index contributed by atoms with van der Waals surface area (Å²) in [7, 11) is -1.45. The highest BCUT2D eigenvalue weighted by Crippen LogP contribution is 2.50. The van der Waals surface area contributed by atoms with Crippen LogP contribution >= 0.6 is 7.60 Å². The molecule has 1 aliphatic carbocycles. The Morgan fingerprint density at radius 1 is 1.43 bits per heavy atom. The van der Waals surface area contributed by atoms with Gasteiger partial charge in [-0.15, -0.1) is 6.58 Å². The van der Waals surface area contributed by atoms with Crippen molar-refractivity contribution in [3.05, 3.63) is 12.7 Å². The van der Waals surface area contributed by atoms with E-state index in [1.807, 2.05) is 0 Å². The SMILES string of the molecule is C=CCP(=O)(OC)OC1CCCCC1. The minimum atomic E-state index is -2.89. The molecule has 0 saturated heterocycles. The lowest BCUT2D eigenvalue weighted by atomic mass is 9.98. The van der Waals surface area contributed by atoms with Gasteiger partial charge in [0.2, 0.25) is 0 Å². The molecule has 0 bridgehead atoms.